The fourth-order valence-corrected chi connectivity index (χ4v) is 2.57. The van der Waals surface area contributed by atoms with Crippen molar-refractivity contribution in [1.29, 1.82) is 0 Å². The van der Waals surface area contributed by atoms with E-state index in [1.807, 2.05) is 40.9 Å². The molecule has 0 aliphatic rings. The van der Waals surface area contributed by atoms with Gasteiger partial charge in [0.05, 0.1) is 6.04 Å². The van der Waals surface area contributed by atoms with Gasteiger partial charge < -0.3 is 5.73 Å². The normalized spacial score (nSPS) is 12.7. The number of aromatic nitrogens is 3. The Hall–Kier alpha value is -1.72. The molecular weight excluding hydrogens is 316 g/mol. The van der Waals surface area contributed by atoms with Crippen LogP contribution in [0.25, 0.3) is 5.65 Å². The number of pyridine rings is 1. The lowest BCUT2D eigenvalue weighted by molar-refractivity contribution is 0.605. The van der Waals surface area contributed by atoms with Gasteiger partial charge in [0.15, 0.2) is 11.5 Å². The average molecular weight is 331 g/mol. The van der Waals surface area contributed by atoms with Gasteiger partial charge in [-0.15, -0.1) is 10.2 Å². The van der Waals surface area contributed by atoms with Crippen LogP contribution in [0, 0.1) is 0 Å². The summed E-state index contributed by atoms with van der Waals surface area (Å²) in [4.78, 5) is 0. The number of benzene rings is 1. The molecule has 0 spiro atoms. The Morgan fingerprint density at radius 3 is 2.70 bits per heavy atom. The summed E-state index contributed by atoms with van der Waals surface area (Å²) in [6.45, 7) is 0. The van der Waals surface area contributed by atoms with Gasteiger partial charge in [0.2, 0.25) is 0 Å². The van der Waals surface area contributed by atoms with Crippen LogP contribution in [0.5, 0.6) is 0 Å². The molecule has 102 valence electrons. The van der Waals surface area contributed by atoms with Gasteiger partial charge in [0.1, 0.15) is 0 Å². The first-order chi connectivity index (χ1) is 9.74. The van der Waals surface area contributed by atoms with Gasteiger partial charge >= 0.3 is 0 Å². The van der Waals surface area contributed by atoms with Gasteiger partial charge in [-0.1, -0.05) is 30.3 Å². The molecule has 2 N–H and O–H groups in total. The van der Waals surface area contributed by atoms with Crippen molar-refractivity contribution >= 4 is 21.6 Å². The van der Waals surface area contributed by atoms with E-state index >= 15 is 0 Å². The lowest BCUT2D eigenvalue weighted by atomic mass is 10.1. The van der Waals surface area contributed by atoms with E-state index < -0.39 is 0 Å². The summed E-state index contributed by atoms with van der Waals surface area (Å²) in [6.07, 6.45) is 3.73. The monoisotopic (exact) mass is 330 g/mol. The van der Waals surface area contributed by atoms with E-state index in [0.717, 1.165) is 28.8 Å². The average Bonchev–Trinajstić information content (AvgIpc) is 2.89. The van der Waals surface area contributed by atoms with Gasteiger partial charge in [-0.2, -0.15) is 0 Å². The molecule has 4 nitrogen and oxygen atoms in total. The third-order valence-electron chi connectivity index (χ3n) is 3.31. The van der Waals surface area contributed by atoms with Crippen LogP contribution >= 0.6 is 15.9 Å². The lowest BCUT2D eigenvalue weighted by Gasteiger charge is -2.10. The maximum atomic E-state index is 6.26. The SMILES string of the molecule is NC(CCc1ccccc1)c1nnc2ccc(Br)cn12. The summed E-state index contributed by atoms with van der Waals surface area (Å²) in [5.74, 6) is 0.803. The van der Waals surface area contributed by atoms with E-state index in [4.69, 9.17) is 5.73 Å². The first kappa shape index (κ1) is 13.3. The zero-order valence-corrected chi connectivity index (χ0v) is 12.5. The number of halogens is 1. The molecule has 20 heavy (non-hydrogen) atoms. The maximum Gasteiger partial charge on any atom is 0.160 e. The number of hydrogen-bond donors (Lipinski definition) is 1. The summed E-state index contributed by atoms with van der Waals surface area (Å²) >= 11 is 3.46. The Balaban J connectivity index is 1.78. The van der Waals surface area contributed by atoms with E-state index in [1.54, 1.807) is 0 Å². The van der Waals surface area contributed by atoms with Gasteiger partial charge in [-0.25, -0.2) is 0 Å². The molecule has 1 unspecified atom stereocenters. The molecule has 0 fully saturated rings. The van der Waals surface area contributed by atoms with Crippen LogP contribution in [-0.4, -0.2) is 14.6 Å². The summed E-state index contributed by atoms with van der Waals surface area (Å²) in [6, 6.07) is 14.1. The molecule has 0 amide bonds. The summed E-state index contributed by atoms with van der Waals surface area (Å²) in [5, 5.41) is 8.36. The van der Waals surface area contributed by atoms with Crippen LogP contribution in [0.3, 0.4) is 0 Å². The van der Waals surface area contributed by atoms with E-state index in [9.17, 15) is 0 Å². The Labute approximate surface area is 125 Å². The van der Waals surface area contributed by atoms with Crippen molar-refractivity contribution < 1.29 is 0 Å². The van der Waals surface area contributed by atoms with Gasteiger partial charge in [0.25, 0.3) is 0 Å². The van der Waals surface area contributed by atoms with E-state index in [2.05, 4.69) is 38.3 Å². The molecule has 2 heterocycles. The highest BCUT2D eigenvalue weighted by Crippen LogP contribution is 2.18. The second kappa shape index (κ2) is 5.73. The second-order valence-corrected chi connectivity index (χ2v) is 5.68. The van der Waals surface area contributed by atoms with Crippen molar-refractivity contribution in [2.75, 3.05) is 0 Å². The molecule has 5 heteroatoms. The predicted octanol–water partition coefficient (Wildman–Crippen LogP) is 3.12. The highest BCUT2D eigenvalue weighted by Gasteiger charge is 2.14. The summed E-state index contributed by atoms with van der Waals surface area (Å²) in [7, 11) is 0. The van der Waals surface area contributed by atoms with Gasteiger partial charge in [-0.05, 0) is 46.5 Å². The fourth-order valence-electron chi connectivity index (χ4n) is 2.23. The molecule has 0 bridgehead atoms. The van der Waals surface area contributed by atoms with Crippen LogP contribution in [0.2, 0.25) is 0 Å². The molecule has 0 aliphatic heterocycles. The number of hydrogen-bond acceptors (Lipinski definition) is 3. The topological polar surface area (TPSA) is 56.2 Å². The Bertz CT molecular complexity index is 708. The third-order valence-corrected chi connectivity index (χ3v) is 3.78. The first-order valence-electron chi connectivity index (χ1n) is 6.54. The molecule has 3 aromatic rings. The second-order valence-electron chi connectivity index (χ2n) is 4.76. The van der Waals surface area contributed by atoms with Crippen molar-refractivity contribution in [2.24, 2.45) is 5.73 Å². The molecule has 0 radical (unpaired) electrons. The highest BCUT2D eigenvalue weighted by molar-refractivity contribution is 9.10. The predicted molar refractivity (Wildman–Crippen MR) is 82.4 cm³/mol. The number of rotatable bonds is 4. The standard InChI is InChI=1S/C15H15BrN4/c16-12-7-9-14-18-19-15(20(14)10-12)13(17)8-6-11-4-2-1-3-5-11/h1-5,7,9-10,13H,6,8,17H2. The van der Waals surface area contributed by atoms with Crippen LogP contribution in [-0.2, 0) is 6.42 Å². The van der Waals surface area contributed by atoms with E-state index in [-0.39, 0.29) is 6.04 Å². The molecule has 1 aromatic carbocycles. The van der Waals surface area contributed by atoms with Gasteiger partial charge in [-0.3, -0.25) is 4.40 Å². The molecule has 0 aliphatic carbocycles. The Morgan fingerprint density at radius 1 is 1.10 bits per heavy atom. The molecule has 2 aromatic heterocycles. The van der Waals surface area contributed by atoms with Crippen molar-refractivity contribution in [2.45, 2.75) is 18.9 Å². The zero-order valence-electron chi connectivity index (χ0n) is 10.9. The molecule has 1 atom stereocenters. The van der Waals surface area contributed by atoms with Crippen LogP contribution in [0.15, 0.2) is 53.1 Å². The molecule has 0 saturated heterocycles. The van der Waals surface area contributed by atoms with E-state index in [0.29, 0.717) is 0 Å². The number of fused-ring (bicyclic) bond motifs is 1. The molecule has 0 saturated carbocycles. The number of nitrogens with zero attached hydrogens (tertiary/aromatic N) is 3. The van der Waals surface area contributed by atoms with Crippen molar-refractivity contribution in [3.63, 3.8) is 0 Å². The zero-order chi connectivity index (χ0) is 13.9. The van der Waals surface area contributed by atoms with Crippen molar-refractivity contribution in [3.05, 3.63) is 64.5 Å². The summed E-state index contributed by atoms with van der Waals surface area (Å²) < 4.78 is 2.93. The minimum Gasteiger partial charge on any atom is -0.321 e. The van der Waals surface area contributed by atoms with Crippen LogP contribution < -0.4 is 5.73 Å². The highest BCUT2D eigenvalue weighted by atomic mass is 79.9. The Kier molecular flexibility index (Phi) is 3.80. The van der Waals surface area contributed by atoms with Gasteiger partial charge in [0, 0.05) is 10.7 Å². The van der Waals surface area contributed by atoms with Crippen molar-refractivity contribution in [1.82, 2.24) is 14.6 Å². The molecule has 3 rings (SSSR count). The number of aryl methyl sites for hydroxylation is 1. The quantitative estimate of drug-likeness (QED) is 0.799. The van der Waals surface area contributed by atoms with Crippen LogP contribution in [0.1, 0.15) is 23.9 Å². The smallest absolute Gasteiger partial charge is 0.160 e. The lowest BCUT2D eigenvalue weighted by Crippen LogP contribution is -2.15. The van der Waals surface area contributed by atoms with Crippen molar-refractivity contribution in [3.8, 4) is 0 Å². The molecular formula is C15H15BrN4. The maximum absolute atomic E-state index is 6.26. The summed E-state index contributed by atoms with van der Waals surface area (Å²) in [5.41, 5.74) is 8.37. The Morgan fingerprint density at radius 2 is 1.90 bits per heavy atom. The minimum atomic E-state index is -0.125. The van der Waals surface area contributed by atoms with Crippen LogP contribution in [0.4, 0.5) is 0 Å². The minimum absolute atomic E-state index is 0.125. The van der Waals surface area contributed by atoms with E-state index in [1.165, 1.54) is 5.56 Å². The number of nitrogens with two attached hydrogens (primary N) is 1. The fraction of sp³-hybridized carbons (Fsp3) is 0.200. The third kappa shape index (κ3) is 2.73. The first-order valence-corrected chi connectivity index (χ1v) is 7.33. The largest absolute Gasteiger partial charge is 0.321 e.